The first-order valence-electron chi connectivity index (χ1n) is 6.62. The van der Waals surface area contributed by atoms with Gasteiger partial charge >= 0.3 is 0 Å². The highest BCUT2D eigenvalue weighted by Crippen LogP contribution is 2.27. The van der Waals surface area contributed by atoms with E-state index < -0.39 is 0 Å². The molecule has 0 amide bonds. The quantitative estimate of drug-likeness (QED) is 0.809. The van der Waals surface area contributed by atoms with E-state index in [0.29, 0.717) is 0 Å². The molecule has 4 heteroatoms. The molecule has 0 atom stereocenters. The van der Waals surface area contributed by atoms with Gasteiger partial charge < -0.3 is 5.32 Å². The zero-order valence-electron chi connectivity index (χ0n) is 10.9. The van der Waals surface area contributed by atoms with Gasteiger partial charge in [-0.05, 0) is 32.4 Å². The zero-order valence-corrected chi connectivity index (χ0v) is 11.7. The fourth-order valence-corrected chi connectivity index (χ4v) is 3.03. The average Bonchev–Trinajstić information content (AvgIpc) is 2.70. The number of nitrogens with zero attached hydrogens (tertiary/aromatic N) is 2. The smallest absolute Gasteiger partial charge is 0.107 e. The lowest BCUT2D eigenvalue weighted by Gasteiger charge is -2.31. The van der Waals surface area contributed by atoms with Crippen molar-refractivity contribution in [2.45, 2.75) is 39.3 Å². The molecular weight excluding hydrogens is 230 g/mol. The normalized spacial score (nSPS) is 16.4. The van der Waals surface area contributed by atoms with Crippen molar-refractivity contribution in [2.75, 3.05) is 20.1 Å². The number of aromatic nitrogens is 1. The fourth-order valence-electron chi connectivity index (χ4n) is 2.23. The SMILES string of the molecule is CCN(Cc1csc(CNC)n1)CC1CCC1. The molecule has 1 aliphatic rings. The summed E-state index contributed by atoms with van der Waals surface area (Å²) in [5.74, 6) is 0.949. The molecule has 0 radical (unpaired) electrons. The summed E-state index contributed by atoms with van der Waals surface area (Å²) in [6.07, 6.45) is 4.29. The van der Waals surface area contributed by atoms with E-state index in [9.17, 15) is 0 Å². The topological polar surface area (TPSA) is 28.2 Å². The molecule has 1 saturated carbocycles. The molecule has 0 bridgehead atoms. The van der Waals surface area contributed by atoms with Gasteiger partial charge in [-0.15, -0.1) is 11.3 Å². The van der Waals surface area contributed by atoms with Crippen molar-refractivity contribution in [2.24, 2.45) is 5.92 Å². The third-order valence-electron chi connectivity index (χ3n) is 3.50. The van der Waals surface area contributed by atoms with Crippen molar-refractivity contribution < 1.29 is 0 Å². The van der Waals surface area contributed by atoms with Crippen LogP contribution in [0, 0.1) is 5.92 Å². The molecule has 0 aromatic carbocycles. The minimum absolute atomic E-state index is 0.888. The van der Waals surface area contributed by atoms with E-state index in [4.69, 9.17) is 0 Å². The Hall–Kier alpha value is -0.450. The van der Waals surface area contributed by atoms with Crippen LogP contribution in [0.25, 0.3) is 0 Å². The third-order valence-corrected chi connectivity index (χ3v) is 4.40. The summed E-state index contributed by atoms with van der Waals surface area (Å²) < 4.78 is 0. The second-order valence-electron chi connectivity index (χ2n) is 4.89. The lowest BCUT2D eigenvalue weighted by Crippen LogP contribution is -2.32. The Morgan fingerprint density at radius 2 is 2.35 bits per heavy atom. The van der Waals surface area contributed by atoms with Crippen LogP contribution in [0.3, 0.4) is 0 Å². The standard InChI is InChI=1S/C13H23N3S/c1-3-16(8-11-5-4-6-11)9-12-10-17-13(15-12)7-14-2/h10-11,14H,3-9H2,1-2H3. The summed E-state index contributed by atoms with van der Waals surface area (Å²) in [6, 6.07) is 0. The van der Waals surface area contributed by atoms with Gasteiger partial charge in [0.05, 0.1) is 5.69 Å². The van der Waals surface area contributed by atoms with Crippen LogP contribution >= 0.6 is 11.3 Å². The molecular formula is C13H23N3S. The molecule has 2 rings (SSSR count). The lowest BCUT2D eigenvalue weighted by molar-refractivity contribution is 0.177. The van der Waals surface area contributed by atoms with Crippen molar-refractivity contribution >= 4 is 11.3 Å². The molecule has 1 fully saturated rings. The number of hydrogen-bond donors (Lipinski definition) is 1. The largest absolute Gasteiger partial charge is 0.314 e. The third kappa shape index (κ3) is 3.76. The predicted molar refractivity (Wildman–Crippen MR) is 73.2 cm³/mol. The van der Waals surface area contributed by atoms with E-state index in [0.717, 1.165) is 25.6 Å². The maximum absolute atomic E-state index is 4.65. The highest BCUT2D eigenvalue weighted by Gasteiger charge is 2.20. The first-order valence-corrected chi connectivity index (χ1v) is 7.50. The van der Waals surface area contributed by atoms with E-state index in [1.807, 2.05) is 7.05 Å². The number of nitrogens with one attached hydrogen (secondary N) is 1. The first kappa shape index (κ1) is 13.0. The van der Waals surface area contributed by atoms with Crippen LogP contribution in [0.4, 0.5) is 0 Å². The number of thiazole rings is 1. The van der Waals surface area contributed by atoms with E-state index in [1.54, 1.807) is 11.3 Å². The van der Waals surface area contributed by atoms with Crippen LogP contribution in [-0.4, -0.2) is 30.0 Å². The van der Waals surface area contributed by atoms with E-state index in [1.165, 1.54) is 36.5 Å². The van der Waals surface area contributed by atoms with Crippen molar-refractivity contribution in [3.05, 3.63) is 16.1 Å². The Labute approximate surface area is 108 Å². The van der Waals surface area contributed by atoms with Gasteiger partial charge in [0.25, 0.3) is 0 Å². The van der Waals surface area contributed by atoms with E-state index >= 15 is 0 Å². The Bertz CT molecular complexity index is 333. The minimum atomic E-state index is 0.888. The summed E-state index contributed by atoms with van der Waals surface area (Å²) in [6.45, 7) is 6.55. The van der Waals surface area contributed by atoms with E-state index in [2.05, 4.69) is 27.5 Å². The van der Waals surface area contributed by atoms with E-state index in [-0.39, 0.29) is 0 Å². The molecule has 1 aliphatic carbocycles. The summed E-state index contributed by atoms with van der Waals surface area (Å²) in [5.41, 5.74) is 1.24. The molecule has 0 aliphatic heterocycles. The van der Waals surface area contributed by atoms with Crippen molar-refractivity contribution in [1.29, 1.82) is 0 Å². The first-order chi connectivity index (χ1) is 8.31. The Morgan fingerprint density at radius 3 is 2.94 bits per heavy atom. The summed E-state index contributed by atoms with van der Waals surface area (Å²) in [4.78, 5) is 7.18. The van der Waals surface area contributed by atoms with Crippen molar-refractivity contribution in [3.8, 4) is 0 Å². The monoisotopic (exact) mass is 253 g/mol. The molecule has 0 spiro atoms. The molecule has 96 valence electrons. The molecule has 17 heavy (non-hydrogen) atoms. The fraction of sp³-hybridized carbons (Fsp3) is 0.769. The predicted octanol–water partition coefficient (Wildman–Crippen LogP) is 2.48. The van der Waals surface area contributed by atoms with Gasteiger partial charge in [-0.25, -0.2) is 4.98 Å². The molecule has 1 N–H and O–H groups in total. The van der Waals surface area contributed by atoms with Crippen LogP contribution in [0.2, 0.25) is 0 Å². The van der Waals surface area contributed by atoms with Gasteiger partial charge in [0.1, 0.15) is 5.01 Å². The van der Waals surface area contributed by atoms with Gasteiger partial charge in [-0.1, -0.05) is 13.3 Å². The average molecular weight is 253 g/mol. The number of rotatable bonds is 7. The maximum atomic E-state index is 4.65. The molecule has 0 unspecified atom stereocenters. The molecule has 0 saturated heterocycles. The summed E-state index contributed by atoms with van der Waals surface area (Å²) in [7, 11) is 1.97. The van der Waals surface area contributed by atoms with Gasteiger partial charge in [0, 0.05) is 25.0 Å². The Kier molecular flexibility index (Phi) is 4.95. The minimum Gasteiger partial charge on any atom is -0.314 e. The Balaban J connectivity index is 1.83. The van der Waals surface area contributed by atoms with Crippen LogP contribution in [0.15, 0.2) is 5.38 Å². The van der Waals surface area contributed by atoms with Gasteiger partial charge in [-0.3, -0.25) is 4.90 Å². The highest BCUT2D eigenvalue weighted by atomic mass is 32.1. The Morgan fingerprint density at radius 1 is 1.53 bits per heavy atom. The second kappa shape index (κ2) is 6.47. The van der Waals surface area contributed by atoms with Crippen LogP contribution in [-0.2, 0) is 13.1 Å². The number of hydrogen-bond acceptors (Lipinski definition) is 4. The molecule has 1 aromatic heterocycles. The second-order valence-corrected chi connectivity index (χ2v) is 5.83. The van der Waals surface area contributed by atoms with Gasteiger partial charge in [0.15, 0.2) is 0 Å². The van der Waals surface area contributed by atoms with Crippen LogP contribution in [0.5, 0.6) is 0 Å². The maximum Gasteiger partial charge on any atom is 0.107 e. The van der Waals surface area contributed by atoms with Crippen LogP contribution in [0.1, 0.15) is 36.9 Å². The molecule has 3 nitrogen and oxygen atoms in total. The van der Waals surface area contributed by atoms with Crippen LogP contribution < -0.4 is 5.32 Å². The van der Waals surface area contributed by atoms with Gasteiger partial charge in [0.2, 0.25) is 0 Å². The lowest BCUT2D eigenvalue weighted by atomic mass is 9.85. The van der Waals surface area contributed by atoms with Crippen molar-refractivity contribution in [3.63, 3.8) is 0 Å². The molecule has 1 heterocycles. The highest BCUT2D eigenvalue weighted by molar-refractivity contribution is 7.09. The van der Waals surface area contributed by atoms with Crippen molar-refractivity contribution in [1.82, 2.24) is 15.2 Å². The summed E-state index contributed by atoms with van der Waals surface area (Å²) >= 11 is 1.76. The van der Waals surface area contributed by atoms with Gasteiger partial charge in [-0.2, -0.15) is 0 Å². The summed E-state index contributed by atoms with van der Waals surface area (Å²) in [5, 5.41) is 6.55. The zero-order chi connectivity index (χ0) is 12.1. The molecule has 1 aromatic rings.